The highest BCUT2D eigenvalue weighted by atomic mass is 35.5. The van der Waals surface area contributed by atoms with Crippen molar-refractivity contribution in [1.29, 1.82) is 0 Å². The third kappa shape index (κ3) is 4.55. The van der Waals surface area contributed by atoms with E-state index in [2.05, 4.69) is 6.58 Å². The van der Waals surface area contributed by atoms with Crippen molar-refractivity contribution in [2.45, 2.75) is 6.43 Å². The van der Waals surface area contributed by atoms with Crippen LogP contribution in [-0.4, -0.2) is 38.2 Å². The number of hydrogen-bond acceptors (Lipinski definition) is 3. The molecule has 3 nitrogen and oxygen atoms in total. The molecule has 136 valence electrons. The maximum Gasteiger partial charge on any atom is 0.256 e. The fraction of sp³-hybridized carbons (Fsp3) is 0.294. The molecule has 8 heteroatoms. The Morgan fingerprint density at radius 1 is 1.16 bits per heavy atom. The molecular weight excluding hydrogens is 362 g/mol. The molecule has 0 atom stereocenters. The predicted octanol–water partition coefficient (Wildman–Crippen LogP) is 4.55. The van der Waals surface area contributed by atoms with Gasteiger partial charge in [-0.1, -0.05) is 18.2 Å². The molecule has 0 saturated carbocycles. The van der Waals surface area contributed by atoms with Crippen LogP contribution in [0.15, 0.2) is 41.6 Å². The Bertz CT molecular complexity index is 696. The van der Waals surface area contributed by atoms with Crippen molar-refractivity contribution in [3.05, 3.63) is 58.8 Å². The van der Waals surface area contributed by atoms with Crippen LogP contribution >= 0.6 is 11.6 Å². The van der Waals surface area contributed by atoms with Gasteiger partial charge in [-0.25, -0.2) is 17.6 Å². The second kappa shape index (κ2) is 8.40. The lowest BCUT2D eigenvalue weighted by atomic mass is 10.0. The summed E-state index contributed by atoms with van der Waals surface area (Å²) >= 11 is 5.88. The normalized spacial score (nSPS) is 14.7. The minimum absolute atomic E-state index is 0.0278. The standard InChI is InChI=1S/C17H16ClF4NO2/c1-10-12(18)3-4-15(23(10)9-16(21)22)17-13(19)7-11(8-14(17)20)25-6-5-24-2/h3-4,7-8,16H,1,5-6,9H2,2H3. The molecule has 25 heavy (non-hydrogen) atoms. The van der Waals surface area contributed by atoms with E-state index in [1.165, 1.54) is 19.3 Å². The van der Waals surface area contributed by atoms with Crippen molar-refractivity contribution in [1.82, 2.24) is 4.90 Å². The maximum absolute atomic E-state index is 14.5. The lowest BCUT2D eigenvalue weighted by Crippen LogP contribution is -2.29. The van der Waals surface area contributed by atoms with Crippen molar-refractivity contribution < 1.29 is 27.0 Å². The fourth-order valence-corrected chi connectivity index (χ4v) is 2.46. The van der Waals surface area contributed by atoms with E-state index in [-0.39, 0.29) is 35.4 Å². The highest BCUT2D eigenvalue weighted by molar-refractivity contribution is 6.32. The molecular formula is C17H16ClF4NO2. The van der Waals surface area contributed by atoms with Gasteiger partial charge in [0.1, 0.15) is 24.0 Å². The number of hydrogen-bond donors (Lipinski definition) is 0. The summed E-state index contributed by atoms with van der Waals surface area (Å²) in [5.74, 6) is -1.92. The summed E-state index contributed by atoms with van der Waals surface area (Å²) in [4.78, 5) is 0.986. The SMILES string of the molecule is C=C1C(Cl)=CC=C(c2c(F)cc(OCCOC)cc2F)N1CC(F)F. The van der Waals surface area contributed by atoms with Gasteiger partial charge in [0.25, 0.3) is 6.43 Å². The molecule has 0 radical (unpaired) electrons. The summed E-state index contributed by atoms with van der Waals surface area (Å²) in [7, 11) is 1.46. The fourth-order valence-electron chi connectivity index (χ4n) is 2.30. The van der Waals surface area contributed by atoms with Gasteiger partial charge in [0.15, 0.2) is 0 Å². The van der Waals surface area contributed by atoms with Crippen LogP contribution in [0.25, 0.3) is 5.70 Å². The average Bonchev–Trinajstić information content (AvgIpc) is 2.53. The van der Waals surface area contributed by atoms with E-state index in [0.717, 1.165) is 17.0 Å². The van der Waals surface area contributed by atoms with E-state index >= 15 is 0 Å². The number of nitrogens with zero attached hydrogens (tertiary/aromatic N) is 1. The van der Waals surface area contributed by atoms with E-state index in [9.17, 15) is 17.6 Å². The van der Waals surface area contributed by atoms with E-state index in [0.29, 0.717) is 0 Å². The first-order valence-electron chi connectivity index (χ1n) is 7.28. The summed E-state index contributed by atoms with van der Waals surface area (Å²) < 4.78 is 64.6. The topological polar surface area (TPSA) is 21.7 Å². The Kier molecular flexibility index (Phi) is 6.50. The van der Waals surface area contributed by atoms with Crippen molar-refractivity contribution >= 4 is 17.3 Å². The second-order valence-corrected chi connectivity index (χ2v) is 5.53. The Labute approximate surface area is 147 Å². The minimum Gasteiger partial charge on any atom is -0.491 e. The number of rotatable bonds is 7. The van der Waals surface area contributed by atoms with Crippen molar-refractivity contribution in [2.75, 3.05) is 26.9 Å². The van der Waals surface area contributed by atoms with E-state index in [4.69, 9.17) is 21.1 Å². The largest absolute Gasteiger partial charge is 0.491 e. The first-order chi connectivity index (χ1) is 11.8. The second-order valence-electron chi connectivity index (χ2n) is 5.12. The minimum atomic E-state index is -2.74. The Hall–Kier alpha value is -1.99. The van der Waals surface area contributed by atoms with Gasteiger partial charge in [0.2, 0.25) is 0 Å². The zero-order valence-electron chi connectivity index (χ0n) is 13.4. The first kappa shape index (κ1) is 19.3. The number of methoxy groups -OCH3 is 1. The summed E-state index contributed by atoms with van der Waals surface area (Å²) in [6.45, 7) is 3.17. The molecule has 2 rings (SSSR count). The zero-order chi connectivity index (χ0) is 18.6. The number of halogens is 5. The summed E-state index contributed by atoms with van der Waals surface area (Å²) in [5.41, 5.74) is -0.506. The molecule has 0 aromatic heterocycles. The highest BCUT2D eigenvalue weighted by Crippen LogP contribution is 2.36. The number of benzene rings is 1. The predicted molar refractivity (Wildman–Crippen MR) is 87.5 cm³/mol. The smallest absolute Gasteiger partial charge is 0.256 e. The first-order valence-corrected chi connectivity index (χ1v) is 7.66. The van der Waals surface area contributed by atoms with Gasteiger partial charge in [-0.15, -0.1) is 0 Å². The number of ether oxygens (including phenoxy) is 2. The van der Waals surface area contributed by atoms with Gasteiger partial charge < -0.3 is 14.4 Å². The average molecular weight is 378 g/mol. The third-order valence-electron chi connectivity index (χ3n) is 3.43. The van der Waals surface area contributed by atoms with Crippen LogP contribution in [0.3, 0.4) is 0 Å². The molecule has 0 bridgehead atoms. The molecule has 1 aliphatic heterocycles. The monoisotopic (exact) mass is 377 g/mol. The molecule has 0 N–H and O–H groups in total. The number of alkyl halides is 2. The van der Waals surface area contributed by atoms with Crippen LogP contribution in [-0.2, 0) is 4.74 Å². The van der Waals surface area contributed by atoms with Crippen LogP contribution in [0.5, 0.6) is 5.75 Å². The summed E-state index contributed by atoms with van der Waals surface area (Å²) in [6.07, 6.45) is -0.124. The van der Waals surface area contributed by atoms with Gasteiger partial charge in [-0.05, 0) is 12.2 Å². The molecule has 1 aliphatic rings. The van der Waals surface area contributed by atoms with Gasteiger partial charge >= 0.3 is 0 Å². The van der Waals surface area contributed by atoms with Gasteiger partial charge in [-0.3, -0.25) is 0 Å². The van der Waals surface area contributed by atoms with Gasteiger partial charge in [-0.2, -0.15) is 0 Å². The molecule has 1 aromatic rings. The lowest BCUT2D eigenvalue weighted by molar-refractivity contribution is 0.123. The molecule has 0 unspecified atom stereocenters. The van der Waals surface area contributed by atoms with Crippen LogP contribution in [0, 0.1) is 11.6 Å². The molecule has 0 fully saturated rings. The summed E-state index contributed by atoms with van der Waals surface area (Å²) in [5, 5.41) is 0.115. The van der Waals surface area contributed by atoms with Crippen LogP contribution in [0.4, 0.5) is 17.6 Å². The van der Waals surface area contributed by atoms with E-state index in [1.807, 2.05) is 0 Å². The molecule has 0 saturated heterocycles. The highest BCUT2D eigenvalue weighted by Gasteiger charge is 2.27. The van der Waals surface area contributed by atoms with Gasteiger partial charge in [0, 0.05) is 19.2 Å². The van der Waals surface area contributed by atoms with Gasteiger partial charge in [0.05, 0.1) is 35.1 Å². The van der Waals surface area contributed by atoms with Crippen molar-refractivity contribution in [3.8, 4) is 5.75 Å². The quantitative estimate of drug-likeness (QED) is 0.514. The lowest BCUT2D eigenvalue weighted by Gasteiger charge is -2.31. The van der Waals surface area contributed by atoms with Crippen LogP contribution in [0.1, 0.15) is 5.56 Å². The number of allylic oxidation sites excluding steroid dienone is 3. The summed E-state index contributed by atoms with van der Waals surface area (Å²) in [6, 6.07) is 1.97. The molecule has 0 spiro atoms. The maximum atomic E-state index is 14.5. The van der Waals surface area contributed by atoms with E-state index < -0.39 is 30.2 Å². The van der Waals surface area contributed by atoms with Crippen LogP contribution < -0.4 is 4.74 Å². The molecule has 0 aliphatic carbocycles. The molecule has 0 amide bonds. The Balaban J connectivity index is 2.39. The van der Waals surface area contributed by atoms with Crippen molar-refractivity contribution in [3.63, 3.8) is 0 Å². The zero-order valence-corrected chi connectivity index (χ0v) is 14.1. The van der Waals surface area contributed by atoms with E-state index in [1.54, 1.807) is 0 Å². The van der Waals surface area contributed by atoms with Crippen LogP contribution in [0.2, 0.25) is 0 Å². The molecule has 1 aromatic carbocycles. The molecule has 1 heterocycles. The van der Waals surface area contributed by atoms with Crippen molar-refractivity contribution in [2.24, 2.45) is 0 Å². The third-order valence-corrected chi connectivity index (χ3v) is 3.77. The Morgan fingerprint density at radius 3 is 2.36 bits per heavy atom. The Morgan fingerprint density at radius 2 is 1.80 bits per heavy atom.